The Labute approximate surface area is 180 Å². The van der Waals surface area contributed by atoms with E-state index in [1.54, 1.807) is 0 Å². The van der Waals surface area contributed by atoms with Crippen molar-refractivity contribution in [3.63, 3.8) is 0 Å². The Balaban J connectivity index is 1.53. The van der Waals surface area contributed by atoms with Crippen molar-refractivity contribution in [1.29, 1.82) is 0 Å². The van der Waals surface area contributed by atoms with Gasteiger partial charge in [-0.05, 0) is 56.9 Å². The summed E-state index contributed by atoms with van der Waals surface area (Å²) in [7, 11) is 0. The molecule has 1 fully saturated rings. The fourth-order valence-electron chi connectivity index (χ4n) is 4.10. The highest BCUT2D eigenvalue weighted by Crippen LogP contribution is 2.22. The van der Waals surface area contributed by atoms with Gasteiger partial charge in [-0.2, -0.15) is 0 Å². The van der Waals surface area contributed by atoms with E-state index >= 15 is 0 Å². The second-order valence-corrected chi connectivity index (χ2v) is 8.00. The molecule has 0 saturated carbocycles. The van der Waals surface area contributed by atoms with E-state index in [0.717, 1.165) is 28.8 Å². The highest BCUT2D eigenvalue weighted by atomic mass is 19.1. The summed E-state index contributed by atoms with van der Waals surface area (Å²) in [6.45, 7) is 5.83. The van der Waals surface area contributed by atoms with Crippen LogP contribution in [0.25, 0.3) is 0 Å². The number of halogens is 2. The van der Waals surface area contributed by atoms with Crippen LogP contribution in [0.5, 0.6) is 0 Å². The molecule has 0 aliphatic carbocycles. The Kier molecular flexibility index (Phi) is 6.83. The third kappa shape index (κ3) is 5.16. The minimum absolute atomic E-state index is 0.197. The van der Waals surface area contributed by atoms with Crippen LogP contribution in [0.4, 0.5) is 8.78 Å². The van der Waals surface area contributed by atoms with Gasteiger partial charge in [0.15, 0.2) is 6.61 Å². The molecular formula is C24H25F2NO4. The molecule has 0 radical (unpaired) electrons. The maximum absolute atomic E-state index is 13.9. The van der Waals surface area contributed by atoms with Crippen LogP contribution in [-0.2, 0) is 9.53 Å². The van der Waals surface area contributed by atoms with E-state index in [1.807, 2.05) is 32.9 Å². The van der Waals surface area contributed by atoms with Crippen molar-refractivity contribution < 1.29 is 27.9 Å². The first-order valence-electron chi connectivity index (χ1n) is 10.2. The second kappa shape index (κ2) is 9.37. The lowest BCUT2D eigenvalue weighted by Gasteiger charge is -2.31. The van der Waals surface area contributed by atoms with Crippen molar-refractivity contribution in [2.24, 2.45) is 5.92 Å². The summed E-state index contributed by atoms with van der Waals surface area (Å²) in [5, 5.41) is 0. The Hall–Kier alpha value is -3.09. The fourth-order valence-corrected chi connectivity index (χ4v) is 4.10. The lowest BCUT2D eigenvalue weighted by Crippen LogP contribution is -2.41. The van der Waals surface area contributed by atoms with E-state index in [4.69, 9.17) is 4.74 Å². The number of hydrogen-bond donors (Lipinski definition) is 0. The molecule has 0 atom stereocenters. The molecule has 1 aliphatic heterocycles. The van der Waals surface area contributed by atoms with E-state index < -0.39 is 29.4 Å². The number of aryl methyl sites for hydroxylation is 3. The molecule has 1 saturated heterocycles. The number of rotatable bonds is 5. The number of esters is 1. The molecule has 164 valence electrons. The average molecular weight is 429 g/mol. The number of benzene rings is 2. The molecule has 7 heteroatoms. The van der Waals surface area contributed by atoms with Crippen LogP contribution < -0.4 is 0 Å². The van der Waals surface area contributed by atoms with Gasteiger partial charge in [-0.25, -0.2) is 8.78 Å². The number of Topliss-reactive ketones (excluding diaryl/α,β-unsaturated/α-hetero) is 1. The Morgan fingerprint density at radius 3 is 2.19 bits per heavy atom. The maximum Gasteiger partial charge on any atom is 0.309 e. The second-order valence-electron chi connectivity index (χ2n) is 8.00. The van der Waals surface area contributed by atoms with Gasteiger partial charge in [0, 0.05) is 24.7 Å². The van der Waals surface area contributed by atoms with Crippen LogP contribution in [-0.4, -0.2) is 42.3 Å². The van der Waals surface area contributed by atoms with Crippen molar-refractivity contribution in [1.82, 2.24) is 4.90 Å². The Morgan fingerprint density at radius 1 is 1.00 bits per heavy atom. The molecule has 0 N–H and O–H groups in total. The van der Waals surface area contributed by atoms with Crippen LogP contribution in [0, 0.1) is 38.3 Å². The number of carbonyl (C=O) groups is 3. The van der Waals surface area contributed by atoms with Crippen LogP contribution in [0.15, 0.2) is 30.3 Å². The van der Waals surface area contributed by atoms with Gasteiger partial charge in [0.05, 0.1) is 11.5 Å². The SMILES string of the molecule is Cc1cc(C)c(C(=O)COC(=O)C2CCN(C(=O)c3ccc(F)cc3F)CC2)c(C)c1. The normalized spacial score (nSPS) is 14.4. The first-order valence-corrected chi connectivity index (χ1v) is 10.2. The number of ketones is 1. The molecule has 0 spiro atoms. The zero-order valence-corrected chi connectivity index (χ0v) is 17.8. The number of hydrogen-bond acceptors (Lipinski definition) is 4. The molecule has 5 nitrogen and oxygen atoms in total. The summed E-state index contributed by atoms with van der Waals surface area (Å²) >= 11 is 0. The van der Waals surface area contributed by atoms with Crippen LogP contribution in [0.1, 0.15) is 50.2 Å². The number of piperidine rings is 1. The van der Waals surface area contributed by atoms with Crippen molar-refractivity contribution in [2.75, 3.05) is 19.7 Å². The van der Waals surface area contributed by atoms with Gasteiger partial charge in [0.25, 0.3) is 5.91 Å². The highest BCUT2D eigenvalue weighted by molar-refractivity contribution is 6.00. The Morgan fingerprint density at radius 2 is 1.61 bits per heavy atom. The minimum Gasteiger partial charge on any atom is -0.457 e. The third-order valence-corrected chi connectivity index (χ3v) is 5.58. The van der Waals surface area contributed by atoms with Gasteiger partial charge >= 0.3 is 5.97 Å². The number of carbonyl (C=O) groups excluding carboxylic acids is 3. The molecule has 1 amide bonds. The standard InChI is InChI=1S/C24H25F2NO4/c1-14-10-15(2)22(16(3)11-14)21(28)13-31-24(30)17-6-8-27(9-7-17)23(29)19-5-4-18(25)12-20(19)26/h4-5,10-12,17H,6-9,13H2,1-3H3. The molecule has 1 heterocycles. The maximum atomic E-state index is 13.9. The molecular weight excluding hydrogens is 404 g/mol. The lowest BCUT2D eigenvalue weighted by atomic mass is 9.96. The van der Waals surface area contributed by atoms with Crippen molar-refractivity contribution >= 4 is 17.7 Å². The van der Waals surface area contributed by atoms with E-state index in [2.05, 4.69) is 0 Å². The summed E-state index contributed by atoms with van der Waals surface area (Å²) in [6.07, 6.45) is 0.703. The van der Waals surface area contributed by atoms with Gasteiger partial charge in [-0.1, -0.05) is 17.7 Å². The minimum atomic E-state index is -0.910. The smallest absolute Gasteiger partial charge is 0.309 e. The predicted molar refractivity (Wildman–Crippen MR) is 111 cm³/mol. The van der Waals surface area contributed by atoms with E-state index in [-0.39, 0.29) is 31.0 Å². The zero-order valence-electron chi connectivity index (χ0n) is 17.8. The van der Waals surface area contributed by atoms with Crippen LogP contribution in [0.2, 0.25) is 0 Å². The summed E-state index contributed by atoms with van der Waals surface area (Å²) in [4.78, 5) is 38.9. The topological polar surface area (TPSA) is 63.7 Å². The average Bonchev–Trinajstić information content (AvgIpc) is 2.71. The van der Waals surface area contributed by atoms with Gasteiger partial charge in [-0.15, -0.1) is 0 Å². The highest BCUT2D eigenvalue weighted by Gasteiger charge is 2.30. The predicted octanol–water partition coefficient (Wildman–Crippen LogP) is 4.17. The van der Waals surface area contributed by atoms with Crippen molar-refractivity contribution in [3.05, 3.63) is 69.8 Å². The van der Waals surface area contributed by atoms with E-state index in [9.17, 15) is 23.2 Å². The molecule has 1 aliphatic rings. The summed E-state index contributed by atoms with van der Waals surface area (Å²) in [6, 6.07) is 6.66. The van der Waals surface area contributed by atoms with Gasteiger partial charge in [-0.3, -0.25) is 14.4 Å². The summed E-state index contributed by atoms with van der Waals surface area (Å²) < 4.78 is 32.2. The first kappa shape index (κ1) is 22.6. The zero-order chi connectivity index (χ0) is 22.7. The number of ether oxygens (including phenoxy) is 1. The Bertz CT molecular complexity index is 1000. The molecule has 2 aromatic carbocycles. The fraction of sp³-hybridized carbons (Fsp3) is 0.375. The number of likely N-dealkylation sites (tertiary alicyclic amines) is 1. The van der Waals surface area contributed by atoms with Crippen LogP contribution in [0.3, 0.4) is 0 Å². The van der Waals surface area contributed by atoms with Gasteiger partial charge < -0.3 is 9.64 Å². The van der Waals surface area contributed by atoms with Gasteiger partial charge in [0.2, 0.25) is 5.78 Å². The lowest BCUT2D eigenvalue weighted by molar-refractivity contribution is -0.148. The quantitative estimate of drug-likeness (QED) is 0.529. The molecule has 0 unspecified atom stereocenters. The van der Waals surface area contributed by atoms with Crippen molar-refractivity contribution in [3.8, 4) is 0 Å². The number of amides is 1. The molecule has 0 bridgehead atoms. The first-order chi connectivity index (χ1) is 14.7. The van der Waals surface area contributed by atoms with Crippen LogP contribution >= 0.6 is 0 Å². The molecule has 3 rings (SSSR count). The summed E-state index contributed by atoms with van der Waals surface area (Å²) in [5.74, 6) is -3.36. The monoisotopic (exact) mass is 429 g/mol. The van der Waals surface area contributed by atoms with E-state index in [1.165, 1.54) is 4.90 Å². The number of nitrogens with zero attached hydrogens (tertiary/aromatic N) is 1. The molecule has 2 aromatic rings. The van der Waals surface area contributed by atoms with E-state index in [0.29, 0.717) is 24.5 Å². The molecule has 0 aromatic heterocycles. The largest absolute Gasteiger partial charge is 0.457 e. The van der Waals surface area contributed by atoms with Crippen molar-refractivity contribution in [2.45, 2.75) is 33.6 Å². The molecule has 31 heavy (non-hydrogen) atoms. The van der Waals surface area contributed by atoms with Gasteiger partial charge in [0.1, 0.15) is 11.6 Å². The third-order valence-electron chi connectivity index (χ3n) is 5.58. The summed E-state index contributed by atoms with van der Waals surface area (Å²) in [5.41, 5.74) is 3.12.